The first-order valence-electron chi connectivity index (χ1n) is 11.4. The third kappa shape index (κ3) is 5.21. The standard InChI is InChI=1S/C24H27N7O6S/c1-14-12-26-17(13-25-14)22(32)15(2)38(33,34)30-24-29-28-23(16-8-6-11-20(27-16)37-5)31(24)21-18(35-3)9-7-10-19(21)36-4/h6-13,15,22,32H,1-5H3,(H,29,30)/t15-,22-/m0/s1. The number of hydrogen-bond donors (Lipinski definition) is 2. The van der Waals surface area contributed by atoms with E-state index < -0.39 is 21.4 Å². The number of pyridine rings is 1. The van der Waals surface area contributed by atoms with Crippen LogP contribution in [0.4, 0.5) is 5.95 Å². The SMILES string of the molecule is COc1cccc(-c2nnc(NS(=O)(=O)[C@@H](C)[C@H](O)c3cnc(C)cn3)n2-c2c(OC)cccc2OC)n1. The first-order chi connectivity index (χ1) is 18.2. The monoisotopic (exact) mass is 541 g/mol. The summed E-state index contributed by atoms with van der Waals surface area (Å²) in [5, 5.41) is 17.8. The maximum atomic E-state index is 13.4. The van der Waals surface area contributed by atoms with E-state index >= 15 is 0 Å². The number of rotatable bonds is 10. The highest BCUT2D eigenvalue weighted by molar-refractivity contribution is 7.93. The molecule has 4 rings (SSSR count). The number of aryl methyl sites for hydroxylation is 1. The summed E-state index contributed by atoms with van der Waals surface area (Å²) in [6.07, 6.45) is 1.32. The van der Waals surface area contributed by atoms with Crippen LogP contribution in [-0.4, -0.2) is 69.8 Å². The van der Waals surface area contributed by atoms with Crippen molar-refractivity contribution in [2.24, 2.45) is 0 Å². The Morgan fingerprint density at radius 3 is 2.24 bits per heavy atom. The normalized spacial score (nSPS) is 13.0. The average Bonchev–Trinajstić information content (AvgIpc) is 3.34. The molecule has 200 valence electrons. The highest BCUT2D eigenvalue weighted by Gasteiger charge is 2.33. The van der Waals surface area contributed by atoms with Crippen molar-refractivity contribution in [3.63, 3.8) is 0 Å². The number of aliphatic hydroxyl groups excluding tert-OH is 1. The fraction of sp³-hybridized carbons (Fsp3) is 0.292. The molecule has 0 aliphatic carbocycles. The predicted octanol–water partition coefficient (Wildman–Crippen LogP) is 2.32. The van der Waals surface area contributed by atoms with Gasteiger partial charge in [-0.1, -0.05) is 12.1 Å². The summed E-state index contributed by atoms with van der Waals surface area (Å²) in [4.78, 5) is 12.6. The molecular formula is C24H27N7O6S. The van der Waals surface area contributed by atoms with Gasteiger partial charge in [-0.2, -0.15) is 0 Å². The van der Waals surface area contributed by atoms with E-state index in [0.717, 1.165) is 0 Å². The minimum atomic E-state index is -4.24. The van der Waals surface area contributed by atoms with Crippen molar-refractivity contribution < 1.29 is 27.7 Å². The van der Waals surface area contributed by atoms with E-state index in [2.05, 4.69) is 29.9 Å². The summed E-state index contributed by atoms with van der Waals surface area (Å²) in [5.74, 6) is 1.04. The number of para-hydroxylation sites is 1. The number of aromatic nitrogens is 6. The minimum absolute atomic E-state index is 0.114. The van der Waals surface area contributed by atoms with Crippen LogP contribution in [0.1, 0.15) is 24.4 Å². The zero-order chi connectivity index (χ0) is 27.4. The molecule has 2 atom stereocenters. The third-order valence-corrected chi connectivity index (χ3v) is 7.43. The lowest BCUT2D eigenvalue weighted by molar-refractivity contribution is 0.171. The van der Waals surface area contributed by atoms with Gasteiger partial charge in [0.25, 0.3) is 0 Å². The largest absolute Gasteiger partial charge is 0.494 e. The summed E-state index contributed by atoms with van der Waals surface area (Å²) in [7, 11) is 0.175. The first kappa shape index (κ1) is 26.8. The van der Waals surface area contributed by atoms with E-state index in [4.69, 9.17) is 14.2 Å². The molecule has 0 radical (unpaired) electrons. The topological polar surface area (TPSA) is 163 Å². The Balaban J connectivity index is 1.84. The maximum Gasteiger partial charge on any atom is 0.243 e. The Labute approximate surface area is 219 Å². The average molecular weight is 542 g/mol. The fourth-order valence-corrected chi connectivity index (χ4v) is 4.67. The molecule has 0 saturated carbocycles. The molecule has 0 saturated heterocycles. The van der Waals surface area contributed by atoms with Crippen LogP contribution in [0.3, 0.4) is 0 Å². The van der Waals surface area contributed by atoms with Crippen molar-refractivity contribution in [2.75, 3.05) is 26.1 Å². The van der Waals surface area contributed by atoms with Crippen LogP contribution in [0.15, 0.2) is 48.8 Å². The van der Waals surface area contributed by atoms with Crippen LogP contribution in [-0.2, 0) is 10.0 Å². The molecule has 0 spiro atoms. The fourth-order valence-electron chi connectivity index (χ4n) is 3.62. The molecule has 13 nitrogen and oxygen atoms in total. The van der Waals surface area contributed by atoms with E-state index in [1.165, 1.54) is 45.2 Å². The van der Waals surface area contributed by atoms with Gasteiger partial charge >= 0.3 is 0 Å². The highest BCUT2D eigenvalue weighted by atomic mass is 32.2. The molecule has 0 fully saturated rings. The Bertz CT molecular complexity index is 1500. The van der Waals surface area contributed by atoms with Gasteiger partial charge in [-0.3, -0.25) is 19.3 Å². The second-order valence-electron chi connectivity index (χ2n) is 8.14. The van der Waals surface area contributed by atoms with Gasteiger partial charge in [0.1, 0.15) is 34.2 Å². The minimum Gasteiger partial charge on any atom is -0.494 e. The lowest BCUT2D eigenvalue weighted by atomic mass is 10.2. The summed E-state index contributed by atoms with van der Waals surface area (Å²) in [5.41, 5.74) is 1.42. The van der Waals surface area contributed by atoms with Crippen LogP contribution < -0.4 is 18.9 Å². The predicted molar refractivity (Wildman–Crippen MR) is 138 cm³/mol. The lowest BCUT2D eigenvalue weighted by Gasteiger charge is -2.21. The molecule has 0 bridgehead atoms. The number of ether oxygens (including phenoxy) is 3. The molecular weight excluding hydrogens is 514 g/mol. The lowest BCUT2D eigenvalue weighted by Crippen LogP contribution is -2.32. The van der Waals surface area contributed by atoms with Crippen molar-refractivity contribution in [3.8, 4) is 34.6 Å². The zero-order valence-electron chi connectivity index (χ0n) is 21.4. The van der Waals surface area contributed by atoms with E-state index in [1.54, 1.807) is 43.3 Å². The first-order valence-corrected chi connectivity index (χ1v) is 12.9. The van der Waals surface area contributed by atoms with Crippen LogP contribution in [0.5, 0.6) is 17.4 Å². The molecule has 1 aromatic carbocycles. The maximum absolute atomic E-state index is 13.4. The van der Waals surface area contributed by atoms with E-state index in [-0.39, 0.29) is 17.5 Å². The molecule has 0 amide bonds. The van der Waals surface area contributed by atoms with Gasteiger partial charge in [0.2, 0.25) is 21.9 Å². The van der Waals surface area contributed by atoms with Gasteiger partial charge in [0.05, 0.1) is 38.9 Å². The van der Waals surface area contributed by atoms with Crippen molar-refractivity contribution in [1.82, 2.24) is 29.7 Å². The van der Waals surface area contributed by atoms with Crippen LogP contribution in [0.25, 0.3) is 17.2 Å². The number of benzene rings is 1. The Morgan fingerprint density at radius 1 is 0.947 bits per heavy atom. The number of aliphatic hydroxyl groups is 1. The molecule has 0 aliphatic heterocycles. The van der Waals surface area contributed by atoms with Gasteiger partial charge in [-0.25, -0.2) is 13.4 Å². The van der Waals surface area contributed by atoms with Gasteiger partial charge in [-0.05, 0) is 32.0 Å². The number of anilines is 1. The Hall–Kier alpha value is -4.30. The number of methoxy groups -OCH3 is 3. The Morgan fingerprint density at radius 2 is 1.63 bits per heavy atom. The van der Waals surface area contributed by atoms with Crippen molar-refractivity contribution in [2.45, 2.75) is 25.2 Å². The third-order valence-electron chi connectivity index (χ3n) is 5.72. The van der Waals surface area contributed by atoms with E-state index in [0.29, 0.717) is 34.5 Å². The quantitative estimate of drug-likeness (QED) is 0.303. The second-order valence-corrected chi connectivity index (χ2v) is 10.2. The number of nitrogens with zero attached hydrogens (tertiary/aromatic N) is 6. The Kier molecular flexibility index (Phi) is 7.73. The summed E-state index contributed by atoms with van der Waals surface area (Å²) >= 11 is 0. The van der Waals surface area contributed by atoms with Crippen molar-refractivity contribution in [3.05, 3.63) is 60.2 Å². The van der Waals surface area contributed by atoms with Gasteiger partial charge < -0.3 is 19.3 Å². The molecule has 0 aliphatic rings. The van der Waals surface area contributed by atoms with Gasteiger partial charge in [0, 0.05) is 12.3 Å². The van der Waals surface area contributed by atoms with Crippen molar-refractivity contribution in [1.29, 1.82) is 0 Å². The smallest absolute Gasteiger partial charge is 0.243 e. The molecule has 3 heterocycles. The van der Waals surface area contributed by atoms with Crippen molar-refractivity contribution >= 4 is 16.0 Å². The molecule has 14 heteroatoms. The zero-order valence-corrected chi connectivity index (χ0v) is 22.2. The number of sulfonamides is 1. The molecule has 4 aromatic rings. The highest BCUT2D eigenvalue weighted by Crippen LogP contribution is 2.38. The van der Waals surface area contributed by atoms with Crippen LogP contribution >= 0.6 is 0 Å². The number of hydrogen-bond acceptors (Lipinski definition) is 11. The molecule has 38 heavy (non-hydrogen) atoms. The van der Waals surface area contributed by atoms with Gasteiger partial charge in [-0.15, -0.1) is 10.2 Å². The van der Waals surface area contributed by atoms with Crippen LogP contribution in [0.2, 0.25) is 0 Å². The van der Waals surface area contributed by atoms with E-state index in [1.807, 2.05) is 0 Å². The summed E-state index contributed by atoms with van der Waals surface area (Å²) in [6.45, 7) is 3.09. The van der Waals surface area contributed by atoms with Gasteiger partial charge in [0.15, 0.2) is 5.82 Å². The molecule has 2 N–H and O–H groups in total. The summed E-state index contributed by atoms with van der Waals surface area (Å²) < 4.78 is 47.1. The molecule has 0 unspecified atom stereocenters. The second kappa shape index (κ2) is 11.0. The summed E-state index contributed by atoms with van der Waals surface area (Å²) in [6, 6.07) is 10.1. The van der Waals surface area contributed by atoms with Crippen LogP contribution in [0, 0.1) is 6.92 Å². The van der Waals surface area contributed by atoms with E-state index in [9.17, 15) is 13.5 Å². The molecule has 3 aromatic heterocycles. The number of nitrogens with one attached hydrogen (secondary N) is 1.